The summed E-state index contributed by atoms with van der Waals surface area (Å²) in [6, 6.07) is 0. The Hall–Kier alpha value is -1.65. The molecule has 2 saturated heterocycles. The van der Waals surface area contributed by atoms with Crippen LogP contribution in [0.4, 0.5) is 5.82 Å². The lowest BCUT2D eigenvalue weighted by Crippen LogP contribution is -2.38. The lowest BCUT2D eigenvalue weighted by molar-refractivity contribution is -0.130. The van der Waals surface area contributed by atoms with Gasteiger partial charge in [0.15, 0.2) is 0 Å². The molecule has 1 aromatic heterocycles. The van der Waals surface area contributed by atoms with Crippen molar-refractivity contribution >= 4 is 11.7 Å². The molecule has 2 aliphatic heterocycles. The Balaban J connectivity index is 1.72. The lowest BCUT2D eigenvalue weighted by atomic mass is 9.95. The summed E-state index contributed by atoms with van der Waals surface area (Å²) in [5.74, 6) is 2.31. The number of aromatic nitrogens is 2. The third-order valence-corrected chi connectivity index (χ3v) is 5.03. The molecule has 2 fully saturated rings. The van der Waals surface area contributed by atoms with Gasteiger partial charge in [-0.15, -0.1) is 0 Å². The van der Waals surface area contributed by atoms with Gasteiger partial charge in [0, 0.05) is 45.2 Å². The van der Waals surface area contributed by atoms with Crippen LogP contribution in [-0.4, -0.2) is 47.0 Å². The van der Waals surface area contributed by atoms with E-state index >= 15 is 0 Å². The molecule has 1 aromatic rings. The number of hydrogen-bond acceptors (Lipinski definition) is 4. The summed E-state index contributed by atoms with van der Waals surface area (Å²) in [7, 11) is 0. The summed E-state index contributed by atoms with van der Waals surface area (Å²) in [5.41, 5.74) is 1.04. The van der Waals surface area contributed by atoms with E-state index in [1.807, 2.05) is 17.3 Å². The van der Waals surface area contributed by atoms with Crippen molar-refractivity contribution in [3.63, 3.8) is 0 Å². The summed E-state index contributed by atoms with van der Waals surface area (Å²) in [4.78, 5) is 25.2. The van der Waals surface area contributed by atoms with Crippen LogP contribution in [-0.2, 0) is 4.79 Å². The van der Waals surface area contributed by atoms with Crippen LogP contribution in [0.25, 0.3) is 0 Å². The van der Waals surface area contributed by atoms with E-state index in [0.717, 1.165) is 56.5 Å². The molecule has 0 bridgehead atoms. The topological polar surface area (TPSA) is 49.3 Å². The zero-order valence-electron chi connectivity index (χ0n) is 13.7. The average Bonchev–Trinajstić information content (AvgIpc) is 2.56. The standard InChI is InChI=1S/C17H26N4O/c1-13-5-8-20(9-6-13)17-11-18-10-16(19-17)15-4-3-7-21(12-15)14(2)22/h10-11,13,15H,3-9,12H2,1-2H3/t15-/m1/s1. The predicted molar refractivity (Wildman–Crippen MR) is 86.9 cm³/mol. The normalized spacial score (nSPS) is 23.6. The first-order valence-electron chi connectivity index (χ1n) is 8.46. The number of likely N-dealkylation sites (tertiary alicyclic amines) is 1. The summed E-state index contributed by atoms with van der Waals surface area (Å²) in [6.07, 6.45) is 8.37. The van der Waals surface area contributed by atoms with E-state index in [0.29, 0.717) is 5.92 Å². The fourth-order valence-corrected chi connectivity index (χ4v) is 3.46. The first-order valence-corrected chi connectivity index (χ1v) is 8.46. The molecule has 1 amide bonds. The number of anilines is 1. The second-order valence-corrected chi connectivity index (χ2v) is 6.78. The fourth-order valence-electron chi connectivity index (χ4n) is 3.46. The highest BCUT2D eigenvalue weighted by molar-refractivity contribution is 5.73. The Morgan fingerprint density at radius 1 is 1.18 bits per heavy atom. The van der Waals surface area contributed by atoms with Gasteiger partial charge in [-0.3, -0.25) is 9.78 Å². The minimum atomic E-state index is 0.166. The molecule has 5 nitrogen and oxygen atoms in total. The summed E-state index contributed by atoms with van der Waals surface area (Å²) in [5, 5.41) is 0. The zero-order valence-corrected chi connectivity index (χ0v) is 13.7. The van der Waals surface area contributed by atoms with Crippen molar-refractivity contribution in [3.8, 4) is 0 Å². The smallest absolute Gasteiger partial charge is 0.219 e. The Kier molecular flexibility index (Phi) is 4.60. The quantitative estimate of drug-likeness (QED) is 0.842. The average molecular weight is 302 g/mol. The number of carbonyl (C=O) groups is 1. The summed E-state index contributed by atoms with van der Waals surface area (Å²) >= 11 is 0. The molecule has 0 N–H and O–H groups in total. The largest absolute Gasteiger partial charge is 0.355 e. The highest BCUT2D eigenvalue weighted by atomic mass is 16.2. The van der Waals surface area contributed by atoms with Crippen LogP contribution in [0.1, 0.15) is 51.1 Å². The Morgan fingerprint density at radius 3 is 2.68 bits per heavy atom. The molecule has 0 saturated carbocycles. The van der Waals surface area contributed by atoms with Crippen LogP contribution < -0.4 is 4.90 Å². The monoisotopic (exact) mass is 302 g/mol. The third kappa shape index (κ3) is 3.39. The van der Waals surface area contributed by atoms with E-state index in [4.69, 9.17) is 4.98 Å². The van der Waals surface area contributed by atoms with Crippen molar-refractivity contribution in [2.24, 2.45) is 5.92 Å². The van der Waals surface area contributed by atoms with E-state index in [1.165, 1.54) is 12.8 Å². The van der Waals surface area contributed by atoms with E-state index in [2.05, 4.69) is 16.8 Å². The zero-order chi connectivity index (χ0) is 15.5. The molecular formula is C17H26N4O. The van der Waals surface area contributed by atoms with Gasteiger partial charge in [0.05, 0.1) is 11.9 Å². The van der Waals surface area contributed by atoms with Crippen molar-refractivity contribution in [1.82, 2.24) is 14.9 Å². The maximum atomic E-state index is 11.6. The Morgan fingerprint density at radius 2 is 1.95 bits per heavy atom. The van der Waals surface area contributed by atoms with Gasteiger partial charge in [-0.05, 0) is 31.6 Å². The molecule has 3 heterocycles. The summed E-state index contributed by atoms with van der Waals surface area (Å²) in [6.45, 7) is 7.78. The molecule has 0 spiro atoms. The molecule has 0 aliphatic carbocycles. The lowest BCUT2D eigenvalue weighted by Gasteiger charge is -2.33. The van der Waals surface area contributed by atoms with Gasteiger partial charge < -0.3 is 9.80 Å². The SMILES string of the molecule is CC(=O)N1CCC[C@@H](c2cncc(N3CCC(C)CC3)n2)C1. The second-order valence-electron chi connectivity index (χ2n) is 6.78. The van der Waals surface area contributed by atoms with E-state index in [-0.39, 0.29) is 5.91 Å². The predicted octanol–water partition coefficient (Wildman–Crippen LogP) is 2.44. The highest BCUT2D eigenvalue weighted by Gasteiger charge is 2.25. The Labute approximate surface area is 132 Å². The van der Waals surface area contributed by atoms with Gasteiger partial charge in [0.25, 0.3) is 0 Å². The van der Waals surface area contributed by atoms with Gasteiger partial charge in [-0.1, -0.05) is 6.92 Å². The van der Waals surface area contributed by atoms with Crippen LogP contribution >= 0.6 is 0 Å². The maximum absolute atomic E-state index is 11.6. The minimum Gasteiger partial charge on any atom is -0.355 e. The molecule has 22 heavy (non-hydrogen) atoms. The fraction of sp³-hybridized carbons (Fsp3) is 0.706. The molecule has 2 aliphatic rings. The minimum absolute atomic E-state index is 0.166. The molecular weight excluding hydrogens is 276 g/mol. The van der Waals surface area contributed by atoms with Crippen molar-refractivity contribution in [2.45, 2.75) is 45.4 Å². The van der Waals surface area contributed by atoms with Crippen molar-refractivity contribution in [1.29, 1.82) is 0 Å². The number of carbonyl (C=O) groups excluding carboxylic acids is 1. The molecule has 0 radical (unpaired) electrons. The van der Waals surface area contributed by atoms with Crippen LogP contribution in [0.15, 0.2) is 12.4 Å². The van der Waals surface area contributed by atoms with Gasteiger partial charge in [-0.25, -0.2) is 4.98 Å². The van der Waals surface area contributed by atoms with Crippen molar-refractivity contribution < 1.29 is 4.79 Å². The van der Waals surface area contributed by atoms with Gasteiger partial charge in [0.1, 0.15) is 5.82 Å². The molecule has 0 unspecified atom stereocenters. The van der Waals surface area contributed by atoms with Gasteiger partial charge in [0.2, 0.25) is 5.91 Å². The maximum Gasteiger partial charge on any atom is 0.219 e. The molecule has 0 aromatic carbocycles. The van der Waals surface area contributed by atoms with Crippen molar-refractivity contribution in [2.75, 3.05) is 31.1 Å². The van der Waals surface area contributed by atoms with Crippen LogP contribution in [0.3, 0.4) is 0 Å². The van der Waals surface area contributed by atoms with Crippen LogP contribution in [0.5, 0.6) is 0 Å². The number of hydrogen-bond donors (Lipinski definition) is 0. The van der Waals surface area contributed by atoms with E-state index in [1.54, 1.807) is 6.92 Å². The molecule has 120 valence electrons. The van der Waals surface area contributed by atoms with Gasteiger partial charge >= 0.3 is 0 Å². The first-order chi connectivity index (χ1) is 10.6. The number of piperidine rings is 2. The molecule has 1 atom stereocenters. The molecule has 3 rings (SSSR count). The first kappa shape index (κ1) is 15.3. The Bertz CT molecular complexity index is 525. The van der Waals surface area contributed by atoms with Crippen LogP contribution in [0, 0.1) is 5.92 Å². The van der Waals surface area contributed by atoms with E-state index in [9.17, 15) is 4.79 Å². The van der Waals surface area contributed by atoms with Gasteiger partial charge in [-0.2, -0.15) is 0 Å². The number of nitrogens with zero attached hydrogens (tertiary/aromatic N) is 4. The van der Waals surface area contributed by atoms with E-state index < -0.39 is 0 Å². The number of amides is 1. The highest BCUT2D eigenvalue weighted by Crippen LogP contribution is 2.27. The third-order valence-electron chi connectivity index (χ3n) is 5.03. The number of rotatable bonds is 2. The summed E-state index contributed by atoms with van der Waals surface area (Å²) < 4.78 is 0. The van der Waals surface area contributed by atoms with Crippen molar-refractivity contribution in [3.05, 3.63) is 18.1 Å². The molecule has 5 heteroatoms. The van der Waals surface area contributed by atoms with Crippen LogP contribution in [0.2, 0.25) is 0 Å². The second kappa shape index (κ2) is 6.63.